The monoisotopic (exact) mass is 301 g/mol. The zero-order valence-corrected chi connectivity index (χ0v) is 12.3. The van der Waals surface area contributed by atoms with Crippen molar-refractivity contribution in [1.29, 1.82) is 0 Å². The van der Waals surface area contributed by atoms with Crippen LogP contribution in [0.5, 0.6) is 0 Å². The van der Waals surface area contributed by atoms with Gasteiger partial charge in [-0.3, -0.25) is 10.1 Å². The first kappa shape index (κ1) is 16.5. The molecule has 0 aliphatic carbocycles. The van der Waals surface area contributed by atoms with Crippen LogP contribution in [0.1, 0.15) is 26.7 Å². The fourth-order valence-corrected chi connectivity index (χ4v) is 3.63. The van der Waals surface area contributed by atoms with Gasteiger partial charge in [-0.2, -0.15) is 0 Å². The van der Waals surface area contributed by atoms with Crippen LogP contribution < -0.4 is 10.5 Å². The van der Waals surface area contributed by atoms with Gasteiger partial charge in [0, 0.05) is 18.2 Å². The summed E-state index contributed by atoms with van der Waals surface area (Å²) in [7, 11) is -4.00. The molecule has 1 rings (SSSR count). The van der Waals surface area contributed by atoms with E-state index >= 15 is 0 Å². The molecule has 0 aliphatic heterocycles. The molecule has 3 N–H and O–H groups in total. The van der Waals surface area contributed by atoms with Crippen molar-refractivity contribution in [3.05, 3.63) is 34.4 Å². The van der Waals surface area contributed by atoms with E-state index in [4.69, 9.17) is 5.73 Å². The van der Waals surface area contributed by atoms with Gasteiger partial charge < -0.3 is 5.73 Å². The van der Waals surface area contributed by atoms with Gasteiger partial charge in [-0.1, -0.05) is 26.0 Å². The molecule has 0 atom stereocenters. The number of para-hydroxylation sites is 1. The van der Waals surface area contributed by atoms with Crippen molar-refractivity contribution in [1.82, 2.24) is 4.72 Å². The number of sulfonamides is 1. The zero-order valence-electron chi connectivity index (χ0n) is 11.5. The van der Waals surface area contributed by atoms with Crippen LogP contribution in [0.4, 0.5) is 5.69 Å². The smallest absolute Gasteiger partial charge is 0.289 e. The van der Waals surface area contributed by atoms with Gasteiger partial charge in [0.05, 0.1) is 4.92 Å². The van der Waals surface area contributed by atoms with Crippen LogP contribution in [-0.2, 0) is 10.0 Å². The highest BCUT2D eigenvalue weighted by Crippen LogP contribution is 2.25. The third kappa shape index (κ3) is 3.33. The maximum absolute atomic E-state index is 12.4. The molecule has 0 unspecified atom stereocenters. The molecular weight excluding hydrogens is 282 g/mol. The van der Waals surface area contributed by atoms with Crippen LogP contribution in [0.15, 0.2) is 29.2 Å². The molecule has 0 saturated carbocycles. The first-order valence-corrected chi connectivity index (χ1v) is 7.77. The molecule has 0 saturated heterocycles. The number of rotatable bonds is 7. The van der Waals surface area contributed by atoms with Crippen molar-refractivity contribution >= 4 is 15.7 Å². The SMILES string of the molecule is CCC(CC)(CN)NS(=O)(=O)c1ccccc1[N+](=O)[O-]. The largest absolute Gasteiger partial charge is 0.329 e. The van der Waals surface area contributed by atoms with E-state index in [2.05, 4.69) is 4.72 Å². The second kappa shape index (κ2) is 6.29. The summed E-state index contributed by atoms with van der Waals surface area (Å²) in [5.74, 6) is 0. The standard InChI is InChI=1S/C12H19N3O4S/c1-3-12(4-2,9-13)14-20(18,19)11-8-6-5-7-10(11)15(16)17/h5-8,14H,3-4,9,13H2,1-2H3. The fourth-order valence-electron chi connectivity index (χ4n) is 1.90. The average molecular weight is 301 g/mol. The lowest BCUT2D eigenvalue weighted by molar-refractivity contribution is -0.387. The van der Waals surface area contributed by atoms with Crippen LogP contribution in [0.25, 0.3) is 0 Å². The third-order valence-electron chi connectivity index (χ3n) is 3.45. The number of hydrogen-bond donors (Lipinski definition) is 2. The van der Waals surface area contributed by atoms with Gasteiger partial charge in [-0.15, -0.1) is 0 Å². The van der Waals surface area contributed by atoms with Crippen LogP contribution in [0.2, 0.25) is 0 Å². The molecule has 0 radical (unpaired) electrons. The van der Waals surface area contributed by atoms with E-state index in [-0.39, 0.29) is 11.4 Å². The summed E-state index contributed by atoms with van der Waals surface area (Å²) in [4.78, 5) is 9.88. The normalized spacial score (nSPS) is 12.3. The summed E-state index contributed by atoms with van der Waals surface area (Å²) in [6.07, 6.45) is 1.000. The molecule has 0 bridgehead atoms. The molecule has 1 aromatic rings. The molecule has 112 valence electrons. The van der Waals surface area contributed by atoms with Gasteiger partial charge in [-0.05, 0) is 18.9 Å². The maximum atomic E-state index is 12.4. The summed E-state index contributed by atoms with van der Waals surface area (Å²) >= 11 is 0. The number of hydrogen-bond acceptors (Lipinski definition) is 5. The quantitative estimate of drug-likeness (QED) is 0.583. The van der Waals surface area contributed by atoms with E-state index in [1.54, 1.807) is 0 Å². The minimum atomic E-state index is -4.00. The van der Waals surface area contributed by atoms with E-state index in [1.807, 2.05) is 13.8 Å². The molecule has 0 aromatic heterocycles. The Morgan fingerprint density at radius 3 is 2.30 bits per heavy atom. The summed E-state index contributed by atoms with van der Waals surface area (Å²) in [6.45, 7) is 3.76. The molecule has 0 aliphatic rings. The lowest BCUT2D eigenvalue weighted by atomic mass is 9.95. The third-order valence-corrected chi connectivity index (χ3v) is 5.07. The highest BCUT2D eigenvalue weighted by atomic mass is 32.2. The lowest BCUT2D eigenvalue weighted by Gasteiger charge is -2.30. The van der Waals surface area contributed by atoms with Gasteiger partial charge in [0.2, 0.25) is 10.0 Å². The van der Waals surface area contributed by atoms with E-state index in [1.165, 1.54) is 18.2 Å². The zero-order chi connectivity index (χ0) is 15.4. The molecular formula is C12H19N3O4S. The Balaban J connectivity index is 3.28. The summed E-state index contributed by atoms with van der Waals surface area (Å²) in [6, 6.07) is 5.25. The number of benzene rings is 1. The van der Waals surface area contributed by atoms with Gasteiger partial charge in [0.15, 0.2) is 4.90 Å². The molecule has 7 nitrogen and oxygen atoms in total. The Labute approximate surface area is 118 Å². The number of nitro benzene ring substituents is 1. The fraction of sp³-hybridized carbons (Fsp3) is 0.500. The Bertz CT molecular complexity index is 574. The number of nitrogens with one attached hydrogen (secondary N) is 1. The van der Waals surface area contributed by atoms with Crippen molar-refractivity contribution in [2.24, 2.45) is 5.73 Å². The molecule has 20 heavy (non-hydrogen) atoms. The minimum absolute atomic E-state index is 0.125. The van der Waals surface area contributed by atoms with Crippen molar-refractivity contribution < 1.29 is 13.3 Å². The second-order valence-electron chi connectivity index (χ2n) is 4.52. The lowest BCUT2D eigenvalue weighted by Crippen LogP contribution is -2.52. The van der Waals surface area contributed by atoms with Gasteiger partial charge in [-0.25, -0.2) is 13.1 Å². The number of nitrogens with two attached hydrogens (primary N) is 1. The van der Waals surface area contributed by atoms with Crippen molar-refractivity contribution in [2.45, 2.75) is 37.1 Å². The molecule has 8 heteroatoms. The molecule has 0 amide bonds. The van der Waals surface area contributed by atoms with Crippen LogP contribution in [-0.4, -0.2) is 25.4 Å². The maximum Gasteiger partial charge on any atom is 0.289 e. The average Bonchev–Trinajstić information content (AvgIpc) is 2.45. The molecule has 0 heterocycles. The summed E-state index contributed by atoms with van der Waals surface area (Å²) in [5, 5.41) is 10.9. The van der Waals surface area contributed by atoms with Crippen LogP contribution in [0.3, 0.4) is 0 Å². The minimum Gasteiger partial charge on any atom is -0.329 e. The highest BCUT2D eigenvalue weighted by molar-refractivity contribution is 7.89. The van der Waals surface area contributed by atoms with Crippen LogP contribution in [0, 0.1) is 10.1 Å². The van der Waals surface area contributed by atoms with Crippen molar-refractivity contribution in [2.75, 3.05) is 6.54 Å². The molecule has 1 aromatic carbocycles. The Morgan fingerprint density at radius 1 is 1.30 bits per heavy atom. The first-order valence-electron chi connectivity index (χ1n) is 6.29. The van der Waals surface area contributed by atoms with Gasteiger partial charge >= 0.3 is 0 Å². The van der Waals surface area contributed by atoms with Crippen molar-refractivity contribution in [3.63, 3.8) is 0 Å². The van der Waals surface area contributed by atoms with E-state index in [9.17, 15) is 18.5 Å². The number of nitro groups is 1. The van der Waals surface area contributed by atoms with E-state index in [0.717, 1.165) is 6.07 Å². The Kier molecular flexibility index (Phi) is 5.21. The predicted molar refractivity (Wildman–Crippen MR) is 75.8 cm³/mol. The van der Waals surface area contributed by atoms with Crippen LogP contribution >= 0.6 is 0 Å². The van der Waals surface area contributed by atoms with Gasteiger partial charge in [0.1, 0.15) is 0 Å². The topological polar surface area (TPSA) is 115 Å². The first-order chi connectivity index (χ1) is 9.32. The van der Waals surface area contributed by atoms with Gasteiger partial charge in [0.25, 0.3) is 5.69 Å². The second-order valence-corrected chi connectivity index (χ2v) is 6.17. The summed E-state index contributed by atoms with van der Waals surface area (Å²) < 4.78 is 27.3. The Morgan fingerprint density at radius 2 is 1.85 bits per heavy atom. The molecule has 0 fully saturated rings. The van der Waals surface area contributed by atoms with Crippen molar-refractivity contribution in [3.8, 4) is 0 Å². The summed E-state index contributed by atoms with van der Waals surface area (Å²) in [5.41, 5.74) is 4.42. The van der Waals surface area contributed by atoms with E-state index in [0.29, 0.717) is 12.8 Å². The Hall–Kier alpha value is -1.51. The highest BCUT2D eigenvalue weighted by Gasteiger charge is 2.34. The number of nitrogens with zero attached hydrogens (tertiary/aromatic N) is 1. The predicted octanol–water partition coefficient (Wildman–Crippen LogP) is 1.39. The molecule has 0 spiro atoms. The van der Waals surface area contributed by atoms with E-state index < -0.39 is 26.2 Å².